The van der Waals surface area contributed by atoms with Crippen LogP contribution in [0.25, 0.3) is 0 Å². The number of carbonyl (C=O) groups is 1. The SMILES string of the molecule is CCC(CBr)NC(=O)CCC1CCCCC1. The van der Waals surface area contributed by atoms with Crippen molar-refractivity contribution < 1.29 is 4.79 Å². The van der Waals surface area contributed by atoms with Gasteiger partial charge in [-0.05, 0) is 18.8 Å². The summed E-state index contributed by atoms with van der Waals surface area (Å²) in [5.74, 6) is 1.04. The van der Waals surface area contributed by atoms with Crippen LogP contribution in [0.1, 0.15) is 58.3 Å². The van der Waals surface area contributed by atoms with Gasteiger partial charge < -0.3 is 5.32 Å². The first-order valence-corrected chi connectivity index (χ1v) is 7.73. The van der Waals surface area contributed by atoms with Gasteiger partial charge in [-0.3, -0.25) is 4.79 Å². The predicted octanol–water partition coefficient (Wildman–Crippen LogP) is 3.64. The summed E-state index contributed by atoms with van der Waals surface area (Å²) >= 11 is 3.42. The predicted molar refractivity (Wildman–Crippen MR) is 71.8 cm³/mol. The Morgan fingerprint density at radius 3 is 2.62 bits per heavy atom. The summed E-state index contributed by atoms with van der Waals surface area (Å²) in [5, 5.41) is 3.93. The Kier molecular flexibility index (Phi) is 7.10. The minimum absolute atomic E-state index is 0.233. The van der Waals surface area contributed by atoms with E-state index in [-0.39, 0.29) is 5.91 Å². The summed E-state index contributed by atoms with van der Waals surface area (Å²) in [4.78, 5) is 11.7. The van der Waals surface area contributed by atoms with E-state index >= 15 is 0 Å². The topological polar surface area (TPSA) is 29.1 Å². The van der Waals surface area contributed by atoms with Crippen molar-refractivity contribution in [1.82, 2.24) is 5.32 Å². The van der Waals surface area contributed by atoms with Crippen LogP contribution < -0.4 is 5.32 Å². The molecule has 0 spiro atoms. The smallest absolute Gasteiger partial charge is 0.220 e. The largest absolute Gasteiger partial charge is 0.353 e. The van der Waals surface area contributed by atoms with Gasteiger partial charge in [0, 0.05) is 17.8 Å². The Hall–Kier alpha value is -0.0500. The number of halogens is 1. The standard InChI is InChI=1S/C13H24BrNO/c1-2-12(10-14)15-13(16)9-8-11-6-4-3-5-7-11/h11-12H,2-10H2,1H3,(H,15,16). The number of nitrogens with one attached hydrogen (secondary N) is 1. The van der Waals surface area contributed by atoms with E-state index in [1.54, 1.807) is 0 Å². The maximum Gasteiger partial charge on any atom is 0.220 e. The minimum Gasteiger partial charge on any atom is -0.353 e. The molecule has 0 aliphatic heterocycles. The van der Waals surface area contributed by atoms with Gasteiger partial charge in [-0.15, -0.1) is 0 Å². The lowest BCUT2D eigenvalue weighted by Crippen LogP contribution is -2.35. The Morgan fingerprint density at radius 1 is 1.38 bits per heavy atom. The van der Waals surface area contributed by atoms with Crippen molar-refractivity contribution in [2.45, 2.75) is 64.3 Å². The maximum atomic E-state index is 11.7. The van der Waals surface area contributed by atoms with Gasteiger partial charge in [-0.2, -0.15) is 0 Å². The van der Waals surface area contributed by atoms with Crippen molar-refractivity contribution in [3.8, 4) is 0 Å². The molecule has 0 saturated heterocycles. The van der Waals surface area contributed by atoms with Crippen molar-refractivity contribution in [1.29, 1.82) is 0 Å². The van der Waals surface area contributed by atoms with E-state index in [0.29, 0.717) is 12.5 Å². The average molecular weight is 290 g/mol. The van der Waals surface area contributed by atoms with Crippen LogP contribution in [0.15, 0.2) is 0 Å². The van der Waals surface area contributed by atoms with E-state index in [9.17, 15) is 4.79 Å². The van der Waals surface area contributed by atoms with Gasteiger partial charge in [-0.1, -0.05) is 55.0 Å². The zero-order chi connectivity index (χ0) is 11.8. The lowest BCUT2D eigenvalue weighted by molar-refractivity contribution is -0.122. The minimum atomic E-state index is 0.233. The van der Waals surface area contributed by atoms with Crippen LogP contribution in [0.4, 0.5) is 0 Å². The molecule has 2 nitrogen and oxygen atoms in total. The highest BCUT2D eigenvalue weighted by atomic mass is 79.9. The zero-order valence-corrected chi connectivity index (χ0v) is 11.9. The summed E-state index contributed by atoms with van der Waals surface area (Å²) in [6, 6.07) is 0.304. The van der Waals surface area contributed by atoms with Crippen LogP contribution in [-0.4, -0.2) is 17.3 Å². The summed E-state index contributed by atoms with van der Waals surface area (Å²) < 4.78 is 0. The highest BCUT2D eigenvalue weighted by Gasteiger charge is 2.15. The first-order chi connectivity index (χ1) is 7.76. The van der Waals surface area contributed by atoms with Crippen LogP contribution in [0.2, 0.25) is 0 Å². The molecule has 3 heteroatoms. The van der Waals surface area contributed by atoms with Gasteiger partial charge in [0.2, 0.25) is 5.91 Å². The molecule has 1 aliphatic rings. The highest BCUT2D eigenvalue weighted by Crippen LogP contribution is 2.27. The molecule has 1 fully saturated rings. The second kappa shape index (κ2) is 8.10. The molecule has 0 aromatic carbocycles. The Bertz CT molecular complexity index is 198. The van der Waals surface area contributed by atoms with Gasteiger partial charge in [-0.25, -0.2) is 0 Å². The molecule has 1 saturated carbocycles. The van der Waals surface area contributed by atoms with E-state index in [2.05, 4.69) is 28.2 Å². The molecule has 0 bridgehead atoms. The molecule has 1 amide bonds. The molecule has 1 rings (SSSR count). The Balaban J connectivity index is 2.13. The number of alkyl halides is 1. The van der Waals surface area contributed by atoms with Crippen molar-refractivity contribution in [2.24, 2.45) is 5.92 Å². The quantitative estimate of drug-likeness (QED) is 0.743. The first-order valence-electron chi connectivity index (χ1n) is 6.61. The molecule has 0 aromatic rings. The van der Waals surface area contributed by atoms with E-state index in [1.165, 1.54) is 32.1 Å². The molecule has 0 aromatic heterocycles. The Morgan fingerprint density at radius 2 is 2.06 bits per heavy atom. The fourth-order valence-corrected chi connectivity index (χ4v) is 2.98. The molecule has 1 aliphatic carbocycles. The van der Waals surface area contributed by atoms with E-state index in [0.717, 1.165) is 24.1 Å². The van der Waals surface area contributed by atoms with Crippen LogP contribution in [0.5, 0.6) is 0 Å². The molecule has 0 heterocycles. The molecule has 1 unspecified atom stereocenters. The number of hydrogen-bond acceptors (Lipinski definition) is 1. The van der Waals surface area contributed by atoms with Crippen LogP contribution >= 0.6 is 15.9 Å². The Labute approximate surface area is 108 Å². The molecular weight excluding hydrogens is 266 g/mol. The van der Waals surface area contributed by atoms with Gasteiger partial charge in [0.25, 0.3) is 0 Å². The third-order valence-electron chi connectivity index (χ3n) is 3.55. The first kappa shape index (κ1) is 14.0. The lowest BCUT2D eigenvalue weighted by Gasteiger charge is -2.21. The molecule has 94 valence electrons. The number of carbonyl (C=O) groups excluding carboxylic acids is 1. The second-order valence-electron chi connectivity index (χ2n) is 4.87. The molecule has 1 atom stereocenters. The summed E-state index contributed by atoms with van der Waals surface area (Å²) in [5.41, 5.74) is 0. The zero-order valence-electron chi connectivity index (χ0n) is 10.3. The van der Waals surface area contributed by atoms with Gasteiger partial charge in [0.1, 0.15) is 0 Å². The molecule has 16 heavy (non-hydrogen) atoms. The number of amides is 1. The van der Waals surface area contributed by atoms with Gasteiger partial charge >= 0.3 is 0 Å². The fourth-order valence-electron chi connectivity index (χ4n) is 2.36. The maximum absolute atomic E-state index is 11.7. The summed E-state index contributed by atoms with van der Waals surface area (Å²) in [7, 11) is 0. The van der Waals surface area contributed by atoms with Crippen LogP contribution in [0.3, 0.4) is 0 Å². The second-order valence-corrected chi connectivity index (χ2v) is 5.52. The lowest BCUT2D eigenvalue weighted by atomic mass is 9.86. The van der Waals surface area contributed by atoms with Crippen molar-refractivity contribution >= 4 is 21.8 Å². The number of hydrogen-bond donors (Lipinski definition) is 1. The van der Waals surface area contributed by atoms with Gasteiger partial charge in [0.15, 0.2) is 0 Å². The average Bonchev–Trinajstić information content (AvgIpc) is 2.34. The molecule has 1 N–H and O–H groups in total. The normalized spacial score (nSPS) is 19.4. The van der Waals surface area contributed by atoms with E-state index in [4.69, 9.17) is 0 Å². The summed E-state index contributed by atoms with van der Waals surface area (Å²) in [6.07, 6.45) is 9.60. The van der Waals surface area contributed by atoms with Crippen molar-refractivity contribution in [3.05, 3.63) is 0 Å². The molecule has 0 radical (unpaired) electrons. The van der Waals surface area contributed by atoms with Crippen LogP contribution in [-0.2, 0) is 4.79 Å². The van der Waals surface area contributed by atoms with E-state index in [1.807, 2.05) is 0 Å². The third-order valence-corrected chi connectivity index (χ3v) is 4.33. The highest BCUT2D eigenvalue weighted by molar-refractivity contribution is 9.09. The monoisotopic (exact) mass is 289 g/mol. The van der Waals surface area contributed by atoms with E-state index < -0.39 is 0 Å². The third kappa shape index (κ3) is 5.33. The van der Waals surface area contributed by atoms with Crippen LogP contribution in [0, 0.1) is 5.92 Å². The number of rotatable bonds is 6. The van der Waals surface area contributed by atoms with Gasteiger partial charge in [0.05, 0.1) is 0 Å². The summed E-state index contributed by atoms with van der Waals surface area (Å²) in [6.45, 7) is 2.10. The van der Waals surface area contributed by atoms with Crippen molar-refractivity contribution in [2.75, 3.05) is 5.33 Å². The van der Waals surface area contributed by atoms with Crippen molar-refractivity contribution in [3.63, 3.8) is 0 Å². The fraction of sp³-hybridized carbons (Fsp3) is 0.923. The molecular formula is C13H24BrNO.